The zero-order valence-corrected chi connectivity index (χ0v) is 11.4. The van der Waals surface area contributed by atoms with E-state index < -0.39 is 0 Å². The number of rotatable bonds is 6. The van der Waals surface area contributed by atoms with Crippen LogP contribution in [0, 0.1) is 5.92 Å². The van der Waals surface area contributed by atoms with E-state index in [1.54, 1.807) is 0 Å². The van der Waals surface area contributed by atoms with Gasteiger partial charge in [-0.25, -0.2) is 0 Å². The standard InChI is InChI=1S/C15H26N2O/c18-15(9-6-12-3-1-4-12)17(14-7-8-14)11-13-5-2-10-16-13/h12-14,16H,1-11H2. The van der Waals surface area contributed by atoms with E-state index >= 15 is 0 Å². The molecule has 1 amide bonds. The van der Waals surface area contributed by atoms with Gasteiger partial charge in [0.2, 0.25) is 5.91 Å². The average molecular weight is 250 g/mol. The van der Waals surface area contributed by atoms with Gasteiger partial charge in [0.15, 0.2) is 0 Å². The van der Waals surface area contributed by atoms with Crippen molar-refractivity contribution in [2.24, 2.45) is 5.92 Å². The normalized spacial score (nSPS) is 28.1. The van der Waals surface area contributed by atoms with Gasteiger partial charge in [0.25, 0.3) is 0 Å². The van der Waals surface area contributed by atoms with Crippen molar-refractivity contribution in [1.29, 1.82) is 0 Å². The van der Waals surface area contributed by atoms with Crippen molar-refractivity contribution in [3.8, 4) is 0 Å². The summed E-state index contributed by atoms with van der Waals surface area (Å²) in [6.45, 7) is 2.10. The molecule has 1 N–H and O–H groups in total. The van der Waals surface area contributed by atoms with Crippen LogP contribution in [0.1, 0.15) is 57.8 Å². The second-order valence-corrected chi connectivity index (χ2v) is 6.41. The zero-order valence-electron chi connectivity index (χ0n) is 11.4. The lowest BCUT2D eigenvalue weighted by molar-refractivity contribution is -0.132. The smallest absolute Gasteiger partial charge is 0.222 e. The third-order valence-corrected chi connectivity index (χ3v) is 4.88. The molecule has 1 atom stereocenters. The van der Waals surface area contributed by atoms with Crippen molar-refractivity contribution in [2.45, 2.75) is 69.9 Å². The van der Waals surface area contributed by atoms with E-state index in [0.717, 1.165) is 31.8 Å². The fraction of sp³-hybridized carbons (Fsp3) is 0.933. The van der Waals surface area contributed by atoms with Crippen molar-refractivity contribution >= 4 is 5.91 Å². The molecule has 2 aliphatic carbocycles. The second kappa shape index (κ2) is 5.60. The van der Waals surface area contributed by atoms with E-state index in [1.807, 2.05) is 0 Å². The van der Waals surface area contributed by atoms with Crippen molar-refractivity contribution < 1.29 is 4.79 Å². The fourth-order valence-corrected chi connectivity index (χ4v) is 3.24. The first-order valence-corrected chi connectivity index (χ1v) is 7.86. The average Bonchev–Trinajstić information content (AvgIpc) is 3.01. The summed E-state index contributed by atoms with van der Waals surface area (Å²) in [5.41, 5.74) is 0. The van der Waals surface area contributed by atoms with Crippen LogP contribution in [0.15, 0.2) is 0 Å². The third kappa shape index (κ3) is 3.05. The number of nitrogens with zero attached hydrogens (tertiary/aromatic N) is 1. The molecular weight excluding hydrogens is 224 g/mol. The molecule has 0 aromatic rings. The Morgan fingerprint density at radius 2 is 1.94 bits per heavy atom. The van der Waals surface area contributed by atoms with Crippen LogP contribution in [0.4, 0.5) is 0 Å². The lowest BCUT2D eigenvalue weighted by atomic mass is 9.82. The maximum atomic E-state index is 12.4. The summed E-state index contributed by atoms with van der Waals surface area (Å²) in [6.07, 6.45) is 11.1. The summed E-state index contributed by atoms with van der Waals surface area (Å²) in [5, 5.41) is 3.52. The number of hydrogen-bond acceptors (Lipinski definition) is 2. The van der Waals surface area contributed by atoms with Gasteiger partial charge in [0.1, 0.15) is 0 Å². The van der Waals surface area contributed by atoms with E-state index in [2.05, 4.69) is 10.2 Å². The van der Waals surface area contributed by atoms with Gasteiger partial charge in [-0.3, -0.25) is 4.79 Å². The monoisotopic (exact) mass is 250 g/mol. The molecule has 2 saturated carbocycles. The fourth-order valence-electron chi connectivity index (χ4n) is 3.24. The van der Waals surface area contributed by atoms with Crippen LogP contribution >= 0.6 is 0 Å². The maximum absolute atomic E-state index is 12.4. The van der Waals surface area contributed by atoms with Gasteiger partial charge >= 0.3 is 0 Å². The van der Waals surface area contributed by atoms with Gasteiger partial charge in [-0.15, -0.1) is 0 Å². The van der Waals surface area contributed by atoms with Gasteiger partial charge in [0.05, 0.1) is 0 Å². The summed E-state index contributed by atoms with van der Waals surface area (Å²) in [6, 6.07) is 1.15. The molecular formula is C15H26N2O. The molecule has 3 heteroatoms. The van der Waals surface area contributed by atoms with Crippen LogP contribution in [0.5, 0.6) is 0 Å². The minimum absolute atomic E-state index is 0.429. The highest BCUT2D eigenvalue weighted by Crippen LogP contribution is 2.32. The van der Waals surface area contributed by atoms with Crippen molar-refractivity contribution in [3.05, 3.63) is 0 Å². The number of hydrogen-bond donors (Lipinski definition) is 1. The maximum Gasteiger partial charge on any atom is 0.222 e. The Morgan fingerprint density at radius 1 is 1.11 bits per heavy atom. The highest BCUT2D eigenvalue weighted by molar-refractivity contribution is 5.77. The number of amides is 1. The van der Waals surface area contributed by atoms with E-state index in [-0.39, 0.29) is 0 Å². The molecule has 0 spiro atoms. The Kier molecular flexibility index (Phi) is 3.88. The zero-order chi connectivity index (χ0) is 12.4. The lowest BCUT2D eigenvalue weighted by Gasteiger charge is -2.29. The summed E-state index contributed by atoms with van der Waals surface area (Å²) in [4.78, 5) is 14.6. The van der Waals surface area contributed by atoms with Crippen LogP contribution < -0.4 is 5.32 Å². The van der Waals surface area contributed by atoms with E-state index in [1.165, 1.54) is 44.9 Å². The third-order valence-electron chi connectivity index (χ3n) is 4.88. The van der Waals surface area contributed by atoms with Crippen molar-refractivity contribution in [1.82, 2.24) is 10.2 Å². The van der Waals surface area contributed by atoms with Crippen LogP contribution in [-0.2, 0) is 4.79 Å². The molecule has 0 aromatic heterocycles. The first-order valence-electron chi connectivity index (χ1n) is 7.86. The minimum Gasteiger partial charge on any atom is -0.338 e. The molecule has 3 rings (SSSR count). The summed E-state index contributed by atoms with van der Waals surface area (Å²) < 4.78 is 0. The van der Waals surface area contributed by atoms with E-state index in [0.29, 0.717) is 18.0 Å². The Bertz CT molecular complexity index is 291. The molecule has 3 aliphatic rings. The molecule has 1 aliphatic heterocycles. The highest BCUT2D eigenvalue weighted by atomic mass is 16.2. The first kappa shape index (κ1) is 12.5. The molecule has 3 nitrogen and oxygen atoms in total. The molecule has 102 valence electrons. The highest BCUT2D eigenvalue weighted by Gasteiger charge is 2.34. The molecule has 0 radical (unpaired) electrons. The SMILES string of the molecule is O=C(CCC1CCC1)N(CC1CCCN1)C1CC1. The lowest BCUT2D eigenvalue weighted by Crippen LogP contribution is -2.42. The van der Waals surface area contributed by atoms with Crippen LogP contribution in [-0.4, -0.2) is 36.0 Å². The van der Waals surface area contributed by atoms with Gasteiger partial charge in [-0.1, -0.05) is 19.3 Å². The topological polar surface area (TPSA) is 32.3 Å². The Labute approximate surface area is 110 Å². The predicted molar refractivity (Wildman–Crippen MR) is 72.3 cm³/mol. The van der Waals surface area contributed by atoms with Crippen molar-refractivity contribution in [3.63, 3.8) is 0 Å². The molecule has 1 heterocycles. The van der Waals surface area contributed by atoms with Crippen molar-refractivity contribution in [2.75, 3.05) is 13.1 Å². The molecule has 1 unspecified atom stereocenters. The molecule has 1 saturated heterocycles. The van der Waals surface area contributed by atoms with Gasteiger partial charge < -0.3 is 10.2 Å². The van der Waals surface area contributed by atoms with Gasteiger partial charge in [0, 0.05) is 25.0 Å². The first-order chi connectivity index (χ1) is 8.83. The molecule has 3 fully saturated rings. The summed E-state index contributed by atoms with van der Waals surface area (Å²) >= 11 is 0. The Morgan fingerprint density at radius 3 is 2.50 bits per heavy atom. The Hall–Kier alpha value is -0.570. The predicted octanol–water partition coefficient (Wildman–Crippen LogP) is 2.31. The molecule has 18 heavy (non-hydrogen) atoms. The van der Waals surface area contributed by atoms with Gasteiger partial charge in [-0.2, -0.15) is 0 Å². The van der Waals surface area contributed by atoms with E-state index in [9.17, 15) is 4.79 Å². The molecule has 0 aromatic carbocycles. The van der Waals surface area contributed by atoms with E-state index in [4.69, 9.17) is 0 Å². The number of nitrogens with one attached hydrogen (secondary N) is 1. The largest absolute Gasteiger partial charge is 0.338 e. The quantitative estimate of drug-likeness (QED) is 0.784. The second-order valence-electron chi connectivity index (χ2n) is 6.41. The van der Waals surface area contributed by atoms with Crippen LogP contribution in [0.25, 0.3) is 0 Å². The number of carbonyl (C=O) groups is 1. The minimum atomic E-state index is 0.429. The van der Waals surface area contributed by atoms with Gasteiger partial charge in [-0.05, 0) is 44.6 Å². The Balaban J connectivity index is 1.46. The number of carbonyl (C=O) groups excluding carboxylic acids is 1. The summed E-state index contributed by atoms with van der Waals surface area (Å²) in [5.74, 6) is 1.29. The molecule has 0 bridgehead atoms. The summed E-state index contributed by atoms with van der Waals surface area (Å²) in [7, 11) is 0. The van der Waals surface area contributed by atoms with Crippen LogP contribution in [0.2, 0.25) is 0 Å². The van der Waals surface area contributed by atoms with Crippen LogP contribution in [0.3, 0.4) is 0 Å².